The van der Waals surface area contributed by atoms with E-state index in [0.29, 0.717) is 37.6 Å². The fraction of sp³-hybridized carbons (Fsp3) is 0.273. The second-order valence-electron chi connectivity index (χ2n) is 7.09. The average Bonchev–Trinajstić information content (AvgIpc) is 3.07. The van der Waals surface area contributed by atoms with Crippen molar-refractivity contribution in [3.63, 3.8) is 0 Å². The van der Waals surface area contributed by atoms with Crippen molar-refractivity contribution in [1.29, 1.82) is 0 Å². The highest BCUT2D eigenvalue weighted by Crippen LogP contribution is 2.35. The van der Waals surface area contributed by atoms with Crippen LogP contribution in [0.4, 0.5) is 16.2 Å². The summed E-state index contributed by atoms with van der Waals surface area (Å²) in [6.07, 6.45) is 1.56. The predicted molar refractivity (Wildman–Crippen MR) is 121 cm³/mol. The predicted octanol–water partition coefficient (Wildman–Crippen LogP) is 3.55. The third-order valence-corrected chi connectivity index (χ3v) is 5.97. The second kappa shape index (κ2) is 9.84. The van der Waals surface area contributed by atoms with Crippen LogP contribution < -0.4 is 9.64 Å². The number of anilines is 1. The van der Waals surface area contributed by atoms with Crippen LogP contribution in [-0.4, -0.2) is 60.4 Å². The van der Waals surface area contributed by atoms with Crippen LogP contribution in [0.15, 0.2) is 53.4 Å². The standard InChI is InChI=1S/C22H21N3O6S/c26-21-20(32-22(27)24(21)10-13-31-18-4-2-1-3-5-18)15-16-14-17(25(28)29)6-7-19(16)23-8-11-30-12-9-23/h1-7,14-15H,8-13H2/b20-15-. The Labute approximate surface area is 188 Å². The van der Waals surface area contributed by atoms with E-state index in [1.54, 1.807) is 24.3 Å². The average molecular weight is 455 g/mol. The summed E-state index contributed by atoms with van der Waals surface area (Å²) >= 11 is 0.822. The molecule has 2 amide bonds. The van der Waals surface area contributed by atoms with E-state index in [-0.39, 0.29) is 23.7 Å². The Morgan fingerprint density at radius 3 is 2.59 bits per heavy atom. The van der Waals surface area contributed by atoms with Crippen LogP contribution >= 0.6 is 11.8 Å². The summed E-state index contributed by atoms with van der Waals surface area (Å²) in [7, 11) is 0. The molecule has 10 heteroatoms. The Morgan fingerprint density at radius 2 is 1.88 bits per heavy atom. The fourth-order valence-corrected chi connectivity index (χ4v) is 4.32. The van der Waals surface area contributed by atoms with Crippen LogP contribution in [0.25, 0.3) is 6.08 Å². The summed E-state index contributed by atoms with van der Waals surface area (Å²) in [4.78, 5) is 39.5. The monoisotopic (exact) mass is 455 g/mol. The maximum absolute atomic E-state index is 12.9. The van der Waals surface area contributed by atoms with Crippen molar-refractivity contribution in [3.8, 4) is 5.75 Å². The minimum Gasteiger partial charge on any atom is -0.492 e. The summed E-state index contributed by atoms with van der Waals surface area (Å²) in [5, 5.41) is 10.9. The molecule has 32 heavy (non-hydrogen) atoms. The lowest BCUT2D eigenvalue weighted by molar-refractivity contribution is -0.384. The fourth-order valence-electron chi connectivity index (χ4n) is 3.47. The number of morpholine rings is 1. The van der Waals surface area contributed by atoms with Crippen molar-refractivity contribution in [2.45, 2.75) is 0 Å². The van der Waals surface area contributed by atoms with E-state index in [2.05, 4.69) is 4.90 Å². The first kappa shape index (κ1) is 21.8. The molecule has 2 aromatic carbocycles. The lowest BCUT2D eigenvalue weighted by Gasteiger charge is -2.30. The summed E-state index contributed by atoms with van der Waals surface area (Å²) in [6.45, 7) is 2.66. The number of carbonyl (C=O) groups excluding carboxylic acids is 2. The zero-order chi connectivity index (χ0) is 22.5. The molecule has 166 valence electrons. The van der Waals surface area contributed by atoms with Gasteiger partial charge in [0.1, 0.15) is 12.4 Å². The molecule has 2 aromatic rings. The van der Waals surface area contributed by atoms with Gasteiger partial charge in [0.2, 0.25) is 0 Å². The smallest absolute Gasteiger partial charge is 0.293 e. The summed E-state index contributed by atoms with van der Waals surface area (Å²) in [5.41, 5.74) is 1.20. The Morgan fingerprint density at radius 1 is 1.12 bits per heavy atom. The molecule has 4 rings (SSSR count). The number of benzene rings is 2. The topological polar surface area (TPSA) is 102 Å². The van der Waals surface area contributed by atoms with Crippen LogP contribution in [0.5, 0.6) is 5.75 Å². The van der Waals surface area contributed by atoms with Crippen molar-refractivity contribution in [1.82, 2.24) is 4.90 Å². The van der Waals surface area contributed by atoms with Crippen molar-refractivity contribution >= 4 is 40.4 Å². The minimum absolute atomic E-state index is 0.0799. The molecule has 0 bridgehead atoms. The number of nitro benzene ring substituents is 1. The SMILES string of the molecule is O=C1S/C(=C\c2cc([N+](=O)[O-])ccc2N2CCOCC2)C(=O)N1CCOc1ccccc1. The van der Waals surface area contributed by atoms with Gasteiger partial charge in [-0.1, -0.05) is 18.2 Å². The van der Waals surface area contributed by atoms with E-state index < -0.39 is 16.1 Å². The van der Waals surface area contributed by atoms with Gasteiger partial charge in [-0.3, -0.25) is 24.6 Å². The van der Waals surface area contributed by atoms with Gasteiger partial charge in [-0.15, -0.1) is 0 Å². The molecule has 0 aliphatic carbocycles. The van der Waals surface area contributed by atoms with Gasteiger partial charge in [-0.2, -0.15) is 0 Å². The lowest BCUT2D eigenvalue weighted by atomic mass is 10.1. The number of hydrogen-bond donors (Lipinski definition) is 0. The summed E-state index contributed by atoms with van der Waals surface area (Å²) in [5.74, 6) is 0.220. The molecule has 0 radical (unpaired) electrons. The lowest BCUT2D eigenvalue weighted by Crippen LogP contribution is -2.36. The van der Waals surface area contributed by atoms with E-state index in [4.69, 9.17) is 9.47 Å². The highest BCUT2D eigenvalue weighted by molar-refractivity contribution is 8.18. The molecule has 2 aliphatic rings. The molecular formula is C22H21N3O6S. The van der Waals surface area contributed by atoms with Crippen molar-refractivity contribution in [2.24, 2.45) is 0 Å². The molecule has 0 atom stereocenters. The largest absolute Gasteiger partial charge is 0.492 e. The highest BCUT2D eigenvalue weighted by atomic mass is 32.2. The third kappa shape index (κ3) is 4.92. The zero-order valence-corrected chi connectivity index (χ0v) is 18.0. The Balaban J connectivity index is 1.53. The molecule has 0 N–H and O–H groups in total. The van der Waals surface area contributed by atoms with Gasteiger partial charge in [0.05, 0.1) is 29.6 Å². The molecule has 2 aliphatic heterocycles. The van der Waals surface area contributed by atoms with Gasteiger partial charge in [0.15, 0.2) is 0 Å². The van der Waals surface area contributed by atoms with Crippen LogP contribution in [0.1, 0.15) is 5.56 Å². The van der Waals surface area contributed by atoms with Gasteiger partial charge in [-0.25, -0.2) is 0 Å². The van der Waals surface area contributed by atoms with Crippen molar-refractivity contribution < 1.29 is 24.0 Å². The molecular weight excluding hydrogens is 434 g/mol. The van der Waals surface area contributed by atoms with Crippen molar-refractivity contribution in [3.05, 3.63) is 69.1 Å². The molecule has 0 unspecified atom stereocenters. The van der Waals surface area contributed by atoms with Crippen molar-refractivity contribution in [2.75, 3.05) is 44.4 Å². The van der Waals surface area contributed by atoms with Gasteiger partial charge in [0.25, 0.3) is 16.8 Å². The third-order valence-electron chi connectivity index (χ3n) is 5.06. The first-order valence-corrected chi connectivity index (χ1v) is 10.9. The number of para-hydroxylation sites is 1. The van der Waals surface area contributed by atoms with E-state index in [0.717, 1.165) is 22.3 Å². The van der Waals surface area contributed by atoms with Gasteiger partial charge >= 0.3 is 0 Å². The Bertz CT molecular complexity index is 1050. The highest BCUT2D eigenvalue weighted by Gasteiger charge is 2.35. The first-order chi connectivity index (χ1) is 15.5. The molecule has 2 heterocycles. The molecule has 2 saturated heterocycles. The number of ether oxygens (including phenoxy) is 2. The van der Waals surface area contributed by atoms with Gasteiger partial charge in [0, 0.05) is 36.5 Å². The van der Waals surface area contributed by atoms with E-state index >= 15 is 0 Å². The number of nitrogens with zero attached hydrogens (tertiary/aromatic N) is 3. The summed E-state index contributed by atoms with van der Waals surface area (Å²) < 4.78 is 11.0. The Kier molecular flexibility index (Phi) is 6.72. The molecule has 0 aromatic heterocycles. The number of rotatable bonds is 7. The number of imide groups is 1. The first-order valence-electron chi connectivity index (χ1n) is 10.1. The quantitative estimate of drug-likeness (QED) is 0.355. The normalized spacial score (nSPS) is 17.8. The maximum Gasteiger partial charge on any atom is 0.293 e. The van der Waals surface area contributed by atoms with Crippen LogP contribution in [0.3, 0.4) is 0 Å². The van der Waals surface area contributed by atoms with Crippen LogP contribution in [0.2, 0.25) is 0 Å². The Hall–Kier alpha value is -3.37. The molecule has 2 fully saturated rings. The summed E-state index contributed by atoms with van der Waals surface area (Å²) in [6, 6.07) is 13.7. The number of carbonyl (C=O) groups is 2. The zero-order valence-electron chi connectivity index (χ0n) is 17.1. The number of nitro groups is 1. The molecule has 0 saturated carbocycles. The number of non-ortho nitro benzene ring substituents is 1. The van der Waals surface area contributed by atoms with Gasteiger partial charge < -0.3 is 14.4 Å². The second-order valence-corrected chi connectivity index (χ2v) is 8.09. The van der Waals surface area contributed by atoms with E-state index in [1.165, 1.54) is 12.1 Å². The van der Waals surface area contributed by atoms with Crippen LogP contribution in [0, 0.1) is 10.1 Å². The molecule has 9 nitrogen and oxygen atoms in total. The van der Waals surface area contributed by atoms with E-state index in [9.17, 15) is 19.7 Å². The number of thioether (sulfide) groups is 1. The van der Waals surface area contributed by atoms with Gasteiger partial charge in [-0.05, 0) is 36.0 Å². The van der Waals surface area contributed by atoms with E-state index in [1.807, 2.05) is 18.2 Å². The number of amides is 2. The van der Waals surface area contributed by atoms with Crippen LogP contribution in [-0.2, 0) is 9.53 Å². The maximum atomic E-state index is 12.9. The number of hydrogen-bond acceptors (Lipinski definition) is 8. The molecule has 0 spiro atoms. The minimum atomic E-state index is -0.479.